The summed E-state index contributed by atoms with van der Waals surface area (Å²) in [4.78, 5) is 4.50. The lowest BCUT2D eigenvalue weighted by Crippen LogP contribution is -2.20. The van der Waals surface area contributed by atoms with Crippen molar-refractivity contribution in [1.29, 1.82) is 0 Å². The van der Waals surface area contributed by atoms with Crippen molar-refractivity contribution in [3.63, 3.8) is 0 Å². The van der Waals surface area contributed by atoms with Crippen molar-refractivity contribution < 1.29 is 0 Å². The summed E-state index contributed by atoms with van der Waals surface area (Å²) < 4.78 is 0. The smallest absolute Gasteiger partial charge is 0.0468 e. The first-order valence-electron chi connectivity index (χ1n) is 6.70. The largest absolute Gasteiger partial charge is 0.313 e. The summed E-state index contributed by atoms with van der Waals surface area (Å²) in [5.41, 5.74) is 3.20. The maximum Gasteiger partial charge on any atom is 0.0468 e. The minimum atomic E-state index is 0.0520. The zero-order chi connectivity index (χ0) is 14.5. The Morgan fingerprint density at radius 3 is 2.35 bits per heavy atom. The summed E-state index contributed by atoms with van der Waals surface area (Å²) in [7, 11) is 1.91. The van der Waals surface area contributed by atoms with Crippen molar-refractivity contribution in [3.8, 4) is 0 Å². The SMILES string of the molecule is CCc1ccc(CC(NC)c2c(Cl)cccc2Cl)nc1. The fourth-order valence-corrected chi connectivity index (χ4v) is 2.85. The van der Waals surface area contributed by atoms with Crippen LogP contribution in [-0.2, 0) is 12.8 Å². The van der Waals surface area contributed by atoms with Gasteiger partial charge < -0.3 is 5.32 Å². The molecule has 1 aromatic heterocycles. The van der Waals surface area contributed by atoms with Gasteiger partial charge in [0, 0.05) is 40.0 Å². The van der Waals surface area contributed by atoms with Gasteiger partial charge in [0.2, 0.25) is 0 Å². The molecule has 1 atom stereocenters. The molecule has 106 valence electrons. The average Bonchev–Trinajstić information content (AvgIpc) is 2.46. The number of nitrogens with zero attached hydrogens (tertiary/aromatic N) is 1. The van der Waals surface area contributed by atoms with Crippen molar-refractivity contribution in [2.45, 2.75) is 25.8 Å². The third-order valence-corrected chi connectivity index (χ3v) is 4.06. The topological polar surface area (TPSA) is 24.9 Å². The third kappa shape index (κ3) is 3.51. The van der Waals surface area contributed by atoms with Gasteiger partial charge in [-0.1, -0.05) is 42.3 Å². The molecule has 2 nitrogen and oxygen atoms in total. The maximum atomic E-state index is 6.27. The number of aryl methyl sites for hydroxylation is 1. The number of hydrogen-bond acceptors (Lipinski definition) is 2. The zero-order valence-corrected chi connectivity index (χ0v) is 13.2. The van der Waals surface area contributed by atoms with E-state index in [-0.39, 0.29) is 6.04 Å². The molecular formula is C16H18Cl2N2. The van der Waals surface area contributed by atoms with Crippen molar-refractivity contribution in [2.75, 3.05) is 7.05 Å². The predicted molar refractivity (Wildman–Crippen MR) is 85.6 cm³/mol. The molecule has 1 heterocycles. The molecule has 0 spiro atoms. The van der Waals surface area contributed by atoms with E-state index in [1.165, 1.54) is 5.56 Å². The van der Waals surface area contributed by atoms with E-state index in [1.807, 2.05) is 31.4 Å². The maximum absolute atomic E-state index is 6.27. The fraction of sp³-hybridized carbons (Fsp3) is 0.312. The summed E-state index contributed by atoms with van der Waals surface area (Å²) in [5.74, 6) is 0. The lowest BCUT2D eigenvalue weighted by molar-refractivity contribution is 0.584. The molecule has 0 aliphatic heterocycles. The molecule has 0 bridgehead atoms. The number of benzene rings is 1. The standard InChI is InChI=1S/C16H18Cl2N2/c1-3-11-7-8-12(20-10-11)9-15(19-2)16-13(17)5-4-6-14(16)18/h4-8,10,15,19H,3,9H2,1-2H3. The lowest BCUT2D eigenvalue weighted by atomic mass is 10.0. The first kappa shape index (κ1) is 15.3. The van der Waals surface area contributed by atoms with E-state index < -0.39 is 0 Å². The highest BCUT2D eigenvalue weighted by Crippen LogP contribution is 2.31. The molecule has 4 heteroatoms. The van der Waals surface area contributed by atoms with Crippen LogP contribution in [-0.4, -0.2) is 12.0 Å². The van der Waals surface area contributed by atoms with Gasteiger partial charge in [-0.05, 0) is 37.2 Å². The van der Waals surface area contributed by atoms with Crippen LogP contribution in [0.25, 0.3) is 0 Å². The van der Waals surface area contributed by atoms with Crippen LogP contribution in [0.1, 0.15) is 29.8 Å². The highest BCUT2D eigenvalue weighted by molar-refractivity contribution is 6.36. The van der Waals surface area contributed by atoms with Gasteiger partial charge in [-0.25, -0.2) is 0 Å². The molecule has 0 amide bonds. The van der Waals surface area contributed by atoms with E-state index in [4.69, 9.17) is 23.2 Å². The number of pyridine rings is 1. The molecule has 0 aliphatic rings. The molecule has 0 fully saturated rings. The van der Waals surface area contributed by atoms with Crippen LogP contribution in [0.2, 0.25) is 10.0 Å². The number of halogens is 2. The van der Waals surface area contributed by atoms with Gasteiger partial charge in [0.1, 0.15) is 0 Å². The Kier molecular flexibility index (Phi) is 5.41. The molecule has 0 radical (unpaired) electrons. The highest BCUT2D eigenvalue weighted by atomic mass is 35.5. The van der Waals surface area contributed by atoms with Crippen molar-refractivity contribution in [2.24, 2.45) is 0 Å². The Morgan fingerprint density at radius 2 is 1.85 bits per heavy atom. The van der Waals surface area contributed by atoms with E-state index in [9.17, 15) is 0 Å². The van der Waals surface area contributed by atoms with Gasteiger partial charge in [-0.2, -0.15) is 0 Å². The first-order chi connectivity index (χ1) is 9.65. The van der Waals surface area contributed by atoms with Crippen LogP contribution in [0.5, 0.6) is 0 Å². The minimum Gasteiger partial charge on any atom is -0.313 e. The molecule has 20 heavy (non-hydrogen) atoms. The molecule has 1 N–H and O–H groups in total. The second kappa shape index (κ2) is 7.07. The van der Waals surface area contributed by atoms with Gasteiger partial charge in [0.25, 0.3) is 0 Å². The number of likely N-dealkylation sites (N-methyl/N-ethyl adjacent to an activating group) is 1. The number of aromatic nitrogens is 1. The Morgan fingerprint density at radius 1 is 1.15 bits per heavy atom. The van der Waals surface area contributed by atoms with Crippen LogP contribution >= 0.6 is 23.2 Å². The Labute approximate surface area is 130 Å². The van der Waals surface area contributed by atoms with Crippen LogP contribution in [0.15, 0.2) is 36.5 Å². The molecule has 0 aliphatic carbocycles. The summed E-state index contributed by atoms with van der Waals surface area (Å²) in [6, 6.07) is 9.81. The average molecular weight is 309 g/mol. The third-order valence-electron chi connectivity index (χ3n) is 3.40. The van der Waals surface area contributed by atoms with Crippen LogP contribution < -0.4 is 5.32 Å². The van der Waals surface area contributed by atoms with E-state index in [0.29, 0.717) is 10.0 Å². The second-order valence-corrected chi connectivity index (χ2v) is 5.51. The van der Waals surface area contributed by atoms with E-state index in [2.05, 4.69) is 29.4 Å². The van der Waals surface area contributed by atoms with E-state index in [1.54, 1.807) is 0 Å². The lowest BCUT2D eigenvalue weighted by Gasteiger charge is -2.19. The van der Waals surface area contributed by atoms with Gasteiger partial charge in [0.15, 0.2) is 0 Å². The van der Waals surface area contributed by atoms with Crippen molar-refractivity contribution in [1.82, 2.24) is 10.3 Å². The molecule has 0 saturated heterocycles. The first-order valence-corrected chi connectivity index (χ1v) is 7.46. The fourth-order valence-electron chi connectivity index (χ4n) is 2.19. The van der Waals surface area contributed by atoms with Gasteiger partial charge in [0.05, 0.1) is 0 Å². The predicted octanol–water partition coefficient (Wildman–Crippen LogP) is 4.45. The summed E-state index contributed by atoms with van der Waals surface area (Å²) in [6.07, 6.45) is 3.68. The van der Waals surface area contributed by atoms with Gasteiger partial charge >= 0.3 is 0 Å². The summed E-state index contributed by atoms with van der Waals surface area (Å²) in [6.45, 7) is 2.12. The molecule has 2 rings (SSSR count). The minimum absolute atomic E-state index is 0.0520. The van der Waals surface area contributed by atoms with Crippen LogP contribution in [0.4, 0.5) is 0 Å². The summed E-state index contributed by atoms with van der Waals surface area (Å²) >= 11 is 12.5. The van der Waals surface area contributed by atoms with Crippen molar-refractivity contribution >= 4 is 23.2 Å². The second-order valence-electron chi connectivity index (χ2n) is 4.69. The Hall–Kier alpha value is -1.09. The Bertz CT molecular complexity index is 547. The van der Waals surface area contributed by atoms with Gasteiger partial charge in [-0.15, -0.1) is 0 Å². The normalized spacial score (nSPS) is 12.4. The van der Waals surface area contributed by atoms with Crippen LogP contribution in [0.3, 0.4) is 0 Å². The molecular weight excluding hydrogens is 291 g/mol. The Balaban J connectivity index is 2.24. The number of hydrogen-bond donors (Lipinski definition) is 1. The van der Waals surface area contributed by atoms with Crippen molar-refractivity contribution in [3.05, 3.63) is 63.4 Å². The number of rotatable bonds is 5. The zero-order valence-electron chi connectivity index (χ0n) is 11.7. The summed E-state index contributed by atoms with van der Waals surface area (Å²) in [5, 5.41) is 4.63. The molecule has 0 saturated carbocycles. The quantitative estimate of drug-likeness (QED) is 0.882. The highest BCUT2D eigenvalue weighted by Gasteiger charge is 2.17. The molecule has 2 aromatic rings. The molecule has 1 aromatic carbocycles. The van der Waals surface area contributed by atoms with Gasteiger partial charge in [-0.3, -0.25) is 4.98 Å². The van der Waals surface area contributed by atoms with Crippen LogP contribution in [0, 0.1) is 0 Å². The van der Waals surface area contributed by atoms with E-state index >= 15 is 0 Å². The molecule has 1 unspecified atom stereocenters. The monoisotopic (exact) mass is 308 g/mol. The number of nitrogens with one attached hydrogen (secondary N) is 1. The van der Waals surface area contributed by atoms with E-state index in [0.717, 1.165) is 24.1 Å².